The minimum absolute atomic E-state index is 0.0222. The van der Waals surface area contributed by atoms with Crippen LogP contribution in [-0.2, 0) is 31.0 Å². The number of hydrogen-bond acceptors (Lipinski definition) is 8. The number of ketones is 1. The second-order valence-corrected chi connectivity index (χ2v) is 11.6. The quantitative estimate of drug-likeness (QED) is 0.498. The molecule has 0 saturated heterocycles. The fraction of sp³-hybridized carbons (Fsp3) is 0.417. The number of anilines is 1. The minimum Gasteiger partial charge on any atom is -0.454 e. The van der Waals surface area contributed by atoms with Gasteiger partial charge in [-0.25, -0.2) is 0 Å². The van der Waals surface area contributed by atoms with Crippen LogP contribution >= 0.6 is 19.4 Å². The molecule has 1 N–H and O–H groups in total. The number of fused-ring (bicyclic) bond motifs is 2. The van der Waals surface area contributed by atoms with Crippen LogP contribution in [0.2, 0.25) is 0 Å². The van der Waals surface area contributed by atoms with E-state index in [1.54, 1.807) is 50.2 Å². The molecule has 0 aliphatic carbocycles. The van der Waals surface area contributed by atoms with Gasteiger partial charge in [0, 0.05) is 11.3 Å². The van der Waals surface area contributed by atoms with Crippen LogP contribution in [0.5, 0.6) is 11.5 Å². The maximum Gasteiger partial charge on any atom is 0.335 e. The van der Waals surface area contributed by atoms with Crippen LogP contribution in [0.15, 0.2) is 36.4 Å². The van der Waals surface area contributed by atoms with E-state index in [1.165, 1.54) is 11.8 Å². The highest BCUT2D eigenvalue weighted by Gasteiger charge is 2.34. The summed E-state index contributed by atoms with van der Waals surface area (Å²) in [4.78, 5) is 26.0. The molecular weight excluding hydrogens is 477 g/mol. The van der Waals surface area contributed by atoms with Crippen molar-refractivity contribution in [3.8, 4) is 11.5 Å². The lowest BCUT2D eigenvalue weighted by Gasteiger charge is -2.18. The van der Waals surface area contributed by atoms with E-state index in [1.807, 2.05) is 6.92 Å². The van der Waals surface area contributed by atoms with Crippen molar-refractivity contribution in [3.63, 3.8) is 0 Å². The molecule has 2 aromatic rings. The molecule has 0 saturated carbocycles. The zero-order chi connectivity index (χ0) is 24.3. The topological polar surface area (TPSA) is 100 Å². The normalized spacial score (nSPS) is 19.4. The fourth-order valence-electron chi connectivity index (χ4n) is 3.97. The first kappa shape index (κ1) is 24.8. The van der Waals surface area contributed by atoms with Crippen LogP contribution in [-0.4, -0.2) is 42.2 Å². The van der Waals surface area contributed by atoms with Crippen molar-refractivity contribution in [1.82, 2.24) is 0 Å². The Hall–Kier alpha value is -2.32. The van der Waals surface area contributed by atoms with Gasteiger partial charge >= 0.3 is 7.60 Å². The van der Waals surface area contributed by atoms with Gasteiger partial charge in [0.1, 0.15) is 0 Å². The molecule has 2 aliphatic heterocycles. The first-order valence-electron chi connectivity index (χ1n) is 11.2. The lowest BCUT2D eigenvalue weighted by atomic mass is 9.97. The lowest BCUT2D eigenvalue weighted by molar-refractivity contribution is -0.115. The average Bonchev–Trinajstić information content (AvgIpc) is 3.21. The summed E-state index contributed by atoms with van der Waals surface area (Å²) < 4.78 is 34.3. The number of hydrogen-bond donors (Lipinski definition) is 1. The van der Waals surface area contributed by atoms with Gasteiger partial charge in [0.15, 0.2) is 17.3 Å². The molecule has 0 bridgehead atoms. The third-order valence-electron chi connectivity index (χ3n) is 5.55. The summed E-state index contributed by atoms with van der Waals surface area (Å²) >= 11 is 1.35. The molecule has 0 aromatic heterocycles. The minimum atomic E-state index is -3.20. The molecule has 10 heteroatoms. The van der Waals surface area contributed by atoms with Crippen molar-refractivity contribution >= 4 is 36.7 Å². The van der Waals surface area contributed by atoms with E-state index < -0.39 is 12.8 Å². The van der Waals surface area contributed by atoms with Gasteiger partial charge in [-0.1, -0.05) is 12.1 Å². The Morgan fingerprint density at radius 1 is 1.12 bits per heavy atom. The number of Topliss-reactive ketones (excluding diaryl/α,β-unsaturated/α-hetero) is 1. The Kier molecular flexibility index (Phi) is 7.67. The zero-order valence-electron chi connectivity index (χ0n) is 19.4. The molecule has 8 nitrogen and oxygen atoms in total. The van der Waals surface area contributed by atoms with Crippen LogP contribution in [0, 0.1) is 0 Å². The lowest BCUT2D eigenvalue weighted by Crippen LogP contribution is -2.28. The molecule has 2 atom stereocenters. The number of carbonyl (C=O) groups is 2. The standard InChI is InChI=1S/C24H28NO7PS/c1-4-31-33(28,32-5-2)13-16-6-8-18(9-7-16)25-24(27)22-11-17-10-20-21(30-14-29-20)12-19(17)23(26)15(3)34-22/h6-10,12,15,22H,4-5,11,13-14H2,1-3H3,(H,25,27)/t15-,22+/m1/s1. The SMILES string of the molecule is CCOP(=O)(Cc1ccc(NC(=O)[C@@H]2Cc3cc4c(cc3C(=O)[C@@H](C)S2)OCO4)cc1)OCC. The molecule has 182 valence electrons. The van der Waals surface area contributed by atoms with Crippen LogP contribution in [0.1, 0.15) is 42.3 Å². The monoisotopic (exact) mass is 505 g/mol. The van der Waals surface area contributed by atoms with E-state index in [2.05, 4.69) is 5.32 Å². The van der Waals surface area contributed by atoms with Crippen molar-refractivity contribution in [1.29, 1.82) is 0 Å². The number of ether oxygens (including phenoxy) is 2. The summed E-state index contributed by atoms with van der Waals surface area (Å²) in [5.74, 6) is 0.950. The third-order valence-corrected chi connectivity index (χ3v) is 8.94. The van der Waals surface area contributed by atoms with Crippen molar-refractivity contribution in [3.05, 3.63) is 53.1 Å². The molecular formula is C24H28NO7PS. The highest BCUT2D eigenvalue weighted by molar-refractivity contribution is 8.02. The van der Waals surface area contributed by atoms with Crippen LogP contribution in [0.4, 0.5) is 5.69 Å². The van der Waals surface area contributed by atoms with E-state index >= 15 is 0 Å². The molecule has 2 aliphatic rings. The summed E-state index contributed by atoms with van der Waals surface area (Å²) in [6.07, 6.45) is 0.566. The van der Waals surface area contributed by atoms with E-state index in [0.717, 1.165) is 11.1 Å². The van der Waals surface area contributed by atoms with Gasteiger partial charge in [0.25, 0.3) is 0 Å². The van der Waals surface area contributed by atoms with Gasteiger partial charge in [0.05, 0.1) is 29.9 Å². The van der Waals surface area contributed by atoms with Crippen LogP contribution < -0.4 is 14.8 Å². The summed E-state index contributed by atoms with van der Waals surface area (Å²) in [6, 6.07) is 10.6. The first-order chi connectivity index (χ1) is 16.3. The Labute approximate surface area is 203 Å². The molecule has 0 radical (unpaired) electrons. The summed E-state index contributed by atoms with van der Waals surface area (Å²) in [6.45, 7) is 6.10. The van der Waals surface area contributed by atoms with E-state index in [9.17, 15) is 14.2 Å². The van der Waals surface area contributed by atoms with Crippen LogP contribution in [0.3, 0.4) is 0 Å². The Morgan fingerprint density at radius 3 is 2.41 bits per heavy atom. The molecule has 4 rings (SSSR count). The Morgan fingerprint density at radius 2 is 1.76 bits per heavy atom. The molecule has 2 heterocycles. The fourth-order valence-corrected chi connectivity index (χ4v) is 6.88. The number of amides is 1. The summed E-state index contributed by atoms with van der Waals surface area (Å²) in [7, 11) is -3.20. The van der Waals surface area contributed by atoms with E-state index in [4.69, 9.17) is 18.5 Å². The predicted molar refractivity (Wildman–Crippen MR) is 131 cm³/mol. The van der Waals surface area contributed by atoms with Gasteiger partial charge in [-0.15, -0.1) is 11.8 Å². The van der Waals surface area contributed by atoms with Crippen molar-refractivity contribution in [2.75, 3.05) is 25.3 Å². The molecule has 2 aromatic carbocycles. The summed E-state index contributed by atoms with van der Waals surface area (Å²) in [5.41, 5.74) is 2.77. The van der Waals surface area contributed by atoms with Gasteiger partial charge in [0.2, 0.25) is 12.7 Å². The number of nitrogens with one attached hydrogen (secondary N) is 1. The van der Waals surface area contributed by atoms with Gasteiger partial charge in [-0.05, 0) is 62.6 Å². The maximum absolute atomic E-state index is 13.1. The van der Waals surface area contributed by atoms with Gasteiger partial charge in [-0.2, -0.15) is 0 Å². The highest BCUT2D eigenvalue weighted by Crippen LogP contribution is 2.51. The second-order valence-electron chi connectivity index (χ2n) is 7.99. The van der Waals surface area contributed by atoms with Gasteiger partial charge in [-0.3, -0.25) is 14.2 Å². The number of thioether (sulfide) groups is 1. The molecule has 0 unspecified atom stereocenters. The van der Waals surface area contributed by atoms with Crippen molar-refractivity contribution < 1.29 is 32.7 Å². The number of carbonyl (C=O) groups excluding carboxylic acids is 2. The first-order valence-corrected chi connectivity index (χ1v) is 13.9. The van der Waals surface area contributed by atoms with Crippen LogP contribution in [0.25, 0.3) is 0 Å². The van der Waals surface area contributed by atoms with Crippen molar-refractivity contribution in [2.45, 2.75) is 43.9 Å². The smallest absolute Gasteiger partial charge is 0.335 e. The highest BCUT2D eigenvalue weighted by atomic mass is 32.2. The maximum atomic E-state index is 13.1. The Balaban J connectivity index is 1.46. The predicted octanol–water partition coefficient (Wildman–Crippen LogP) is 5.05. The molecule has 34 heavy (non-hydrogen) atoms. The zero-order valence-corrected chi connectivity index (χ0v) is 21.1. The largest absolute Gasteiger partial charge is 0.454 e. The Bertz CT molecular complexity index is 1110. The second kappa shape index (κ2) is 10.5. The van der Waals surface area contributed by atoms with E-state index in [-0.39, 0.29) is 29.9 Å². The van der Waals surface area contributed by atoms with Gasteiger partial charge < -0.3 is 23.8 Å². The molecule has 1 amide bonds. The third kappa shape index (κ3) is 5.49. The molecule has 0 fully saturated rings. The average molecular weight is 506 g/mol. The number of benzene rings is 2. The summed E-state index contributed by atoms with van der Waals surface area (Å²) in [5, 5.41) is 2.12. The van der Waals surface area contributed by atoms with Crippen molar-refractivity contribution in [2.24, 2.45) is 0 Å². The van der Waals surface area contributed by atoms with E-state index in [0.29, 0.717) is 42.4 Å². The number of rotatable bonds is 8. The molecule has 0 spiro atoms.